The number of hydrogen-bond acceptors (Lipinski definition) is 7. The first-order valence-corrected chi connectivity index (χ1v) is 11.8. The van der Waals surface area contributed by atoms with Gasteiger partial charge in [0.25, 0.3) is 0 Å². The molecule has 1 atom stereocenters. The lowest BCUT2D eigenvalue weighted by atomic mass is 10.1. The van der Waals surface area contributed by atoms with Crippen LogP contribution in [0.3, 0.4) is 0 Å². The Labute approximate surface area is 200 Å². The molecule has 10 nitrogen and oxygen atoms in total. The van der Waals surface area contributed by atoms with E-state index in [9.17, 15) is 9.59 Å². The lowest BCUT2D eigenvalue weighted by Gasteiger charge is -2.18. The van der Waals surface area contributed by atoms with Gasteiger partial charge in [0.1, 0.15) is 5.82 Å². The summed E-state index contributed by atoms with van der Waals surface area (Å²) in [6, 6.07) is 6.84. The van der Waals surface area contributed by atoms with Gasteiger partial charge in [0.05, 0.1) is 13.5 Å². The first kappa shape index (κ1) is 25.2. The summed E-state index contributed by atoms with van der Waals surface area (Å²) in [4.78, 5) is 38.7. The molecule has 1 unspecified atom stereocenters. The number of amides is 2. The third kappa shape index (κ3) is 7.57. The predicted octanol–water partition coefficient (Wildman–Crippen LogP) is 2.85. The maximum absolute atomic E-state index is 12.3. The normalized spacial score (nSPS) is 17.2. The third-order valence-corrected chi connectivity index (χ3v) is 5.86. The fourth-order valence-corrected chi connectivity index (χ4v) is 4.02. The SMILES string of the molecule is CC1CCCc2ccc(CCCN3CCN(CCC(=O)O)C3=O)nc2N1.COc1ncccn1. The number of carboxylic acids is 1. The van der Waals surface area contributed by atoms with Gasteiger partial charge in [-0.25, -0.2) is 19.7 Å². The minimum Gasteiger partial charge on any atom is -0.481 e. The Bertz CT molecular complexity index is 942. The molecule has 2 aromatic rings. The van der Waals surface area contributed by atoms with Crippen molar-refractivity contribution in [3.63, 3.8) is 0 Å². The highest BCUT2D eigenvalue weighted by Crippen LogP contribution is 2.23. The van der Waals surface area contributed by atoms with Gasteiger partial charge in [-0.15, -0.1) is 0 Å². The number of anilines is 1. The third-order valence-electron chi connectivity index (χ3n) is 5.86. The molecular weight excluding hydrogens is 436 g/mol. The van der Waals surface area contributed by atoms with E-state index < -0.39 is 5.97 Å². The lowest BCUT2D eigenvalue weighted by Crippen LogP contribution is -2.33. The summed E-state index contributed by atoms with van der Waals surface area (Å²) in [5.74, 6) is 0.151. The Balaban J connectivity index is 0.000000343. The number of nitrogens with zero attached hydrogens (tertiary/aromatic N) is 5. The van der Waals surface area contributed by atoms with Crippen LogP contribution in [0.1, 0.15) is 43.9 Å². The summed E-state index contributed by atoms with van der Waals surface area (Å²) in [6.45, 7) is 4.46. The second-order valence-corrected chi connectivity index (χ2v) is 8.49. The second kappa shape index (κ2) is 12.7. The van der Waals surface area contributed by atoms with Gasteiger partial charge in [0.15, 0.2) is 0 Å². The van der Waals surface area contributed by atoms with Crippen molar-refractivity contribution in [1.82, 2.24) is 24.8 Å². The first-order valence-electron chi connectivity index (χ1n) is 11.8. The Hall–Kier alpha value is -3.43. The highest BCUT2D eigenvalue weighted by molar-refractivity contribution is 5.77. The molecule has 2 aliphatic rings. The van der Waals surface area contributed by atoms with Crippen molar-refractivity contribution in [2.45, 2.75) is 51.5 Å². The summed E-state index contributed by atoms with van der Waals surface area (Å²) in [7, 11) is 1.54. The minimum absolute atomic E-state index is 0.00402. The Morgan fingerprint density at radius 3 is 2.62 bits per heavy atom. The van der Waals surface area contributed by atoms with Crippen LogP contribution in [-0.4, -0.2) is 81.2 Å². The Morgan fingerprint density at radius 2 is 1.94 bits per heavy atom. The van der Waals surface area contributed by atoms with Gasteiger partial charge in [-0.1, -0.05) is 6.07 Å². The average molecular weight is 471 g/mol. The van der Waals surface area contributed by atoms with Crippen molar-refractivity contribution in [2.75, 3.05) is 38.6 Å². The monoisotopic (exact) mass is 470 g/mol. The molecule has 0 aliphatic carbocycles. The van der Waals surface area contributed by atoms with Crippen LogP contribution < -0.4 is 10.1 Å². The molecule has 0 bridgehead atoms. The average Bonchev–Trinajstić information content (AvgIpc) is 3.07. The molecule has 0 aromatic carbocycles. The van der Waals surface area contributed by atoms with Crippen LogP contribution in [0.5, 0.6) is 6.01 Å². The van der Waals surface area contributed by atoms with Crippen LogP contribution in [0.25, 0.3) is 0 Å². The topological polar surface area (TPSA) is 121 Å². The maximum atomic E-state index is 12.3. The van der Waals surface area contributed by atoms with Gasteiger partial charge in [-0.2, -0.15) is 0 Å². The zero-order valence-corrected chi connectivity index (χ0v) is 19.9. The van der Waals surface area contributed by atoms with Crippen LogP contribution in [-0.2, 0) is 17.6 Å². The van der Waals surface area contributed by atoms with Crippen molar-refractivity contribution in [1.29, 1.82) is 0 Å². The number of aliphatic carboxylic acids is 1. The maximum Gasteiger partial charge on any atom is 0.320 e. The molecule has 4 rings (SSSR count). The van der Waals surface area contributed by atoms with Gasteiger partial charge >= 0.3 is 18.0 Å². The van der Waals surface area contributed by atoms with Gasteiger partial charge < -0.3 is 25.0 Å². The molecule has 1 fully saturated rings. The molecule has 2 N–H and O–H groups in total. The molecule has 2 amide bonds. The molecule has 2 aliphatic heterocycles. The van der Waals surface area contributed by atoms with Crippen molar-refractivity contribution >= 4 is 17.8 Å². The molecule has 4 heterocycles. The quantitative estimate of drug-likeness (QED) is 0.604. The first-order chi connectivity index (χ1) is 16.5. The number of carboxylic acid groups (broad SMARTS) is 1. The van der Waals surface area contributed by atoms with E-state index in [4.69, 9.17) is 14.8 Å². The van der Waals surface area contributed by atoms with E-state index in [1.807, 2.05) is 4.90 Å². The van der Waals surface area contributed by atoms with E-state index >= 15 is 0 Å². The molecule has 184 valence electrons. The van der Waals surface area contributed by atoms with Gasteiger partial charge in [-0.3, -0.25) is 4.79 Å². The van der Waals surface area contributed by atoms with E-state index in [1.165, 1.54) is 25.5 Å². The number of carbonyl (C=O) groups is 2. The number of nitrogens with one attached hydrogen (secondary N) is 1. The highest BCUT2D eigenvalue weighted by Gasteiger charge is 2.27. The predicted molar refractivity (Wildman–Crippen MR) is 128 cm³/mol. The zero-order chi connectivity index (χ0) is 24.3. The number of pyridine rings is 1. The van der Waals surface area contributed by atoms with E-state index in [2.05, 4.69) is 34.3 Å². The van der Waals surface area contributed by atoms with Crippen LogP contribution >= 0.6 is 0 Å². The van der Waals surface area contributed by atoms with E-state index in [-0.39, 0.29) is 12.5 Å². The van der Waals surface area contributed by atoms with E-state index in [1.54, 1.807) is 23.4 Å². The van der Waals surface area contributed by atoms with Gasteiger partial charge in [-0.05, 0) is 56.7 Å². The highest BCUT2D eigenvalue weighted by atomic mass is 16.5. The molecule has 0 spiro atoms. The molecular formula is C24H34N6O4. The fourth-order valence-electron chi connectivity index (χ4n) is 4.02. The molecule has 2 aromatic heterocycles. The number of aryl methyl sites for hydroxylation is 2. The van der Waals surface area contributed by atoms with Crippen LogP contribution in [0.4, 0.5) is 10.6 Å². The number of rotatable bonds is 8. The number of methoxy groups -OCH3 is 1. The summed E-state index contributed by atoms with van der Waals surface area (Å²) in [5, 5.41) is 12.2. The standard InChI is InChI=1S/C19H28N4O3.C5H6N2O/c1-14-4-2-5-15-7-8-16(21-18(15)20-14)6-3-10-22-12-13-23(19(22)26)11-9-17(24)25;1-8-5-6-3-2-4-7-5/h7-8,14H,2-6,9-13H2,1H3,(H,20,21)(H,24,25);2-4H,1H3. The van der Waals surface area contributed by atoms with Crippen LogP contribution in [0.2, 0.25) is 0 Å². The number of aromatic nitrogens is 3. The molecule has 34 heavy (non-hydrogen) atoms. The minimum atomic E-state index is -0.867. The summed E-state index contributed by atoms with van der Waals surface area (Å²) < 4.78 is 4.69. The van der Waals surface area contributed by atoms with Crippen molar-refractivity contribution < 1.29 is 19.4 Å². The second-order valence-electron chi connectivity index (χ2n) is 8.49. The Kier molecular flexibility index (Phi) is 9.42. The lowest BCUT2D eigenvalue weighted by molar-refractivity contribution is -0.137. The molecule has 10 heteroatoms. The smallest absolute Gasteiger partial charge is 0.320 e. The largest absolute Gasteiger partial charge is 0.481 e. The van der Waals surface area contributed by atoms with Crippen molar-refractivity contribution in [3.05, 3.63) is 41.9 Å². The molecule has 1 saturated heterocycles. The summed E-state index contributed by atoms with van der Waals surface area (Å²) in [5.41, 5.74) is 2.35. The fraction of sp³-hybridized carbons (Fsp3) is 0.542. The summed E-state index contributed by atoms with van der Waals surface area (Å²) in [6.07, 6.45) is 8.40. The van der Waals surface area contributed by atoms with E-state index in [0.29, 0.717) is 38.2 Å². The number of ether oxygens (including phenoxy) is 1. The number of hydrogen-bond donors (Lipinski definition) is 2. The number of carbonyl (C=O) groups excluding carboxylic acids is 1. The number of fused-ring (bicyclic) bond motifs is 1. The van der Waals surface area contributed by atoms with E-state index in [0.717, 1.165) is 30.8 Å². The Morgan fingerprint density at radius 1 is 1.21 bits per heavy atom. The van der Waals surface area contributed by atoms with Gasteiger partial charge in [0.2, 0.25) is 0 Å². The zero-order valence-electron chi connectivity index (χ0n) is 19.9. The number of urea groups is 1. The van der Waals surface area contributed by atoms with Crippen molar-refractivity contribution in [3.8, 4) is 6.01 Å². The van der Waals surface area contributed by atoms with Crippen LogP contribution in [0, 0.1) is 0 Å². The van der Waals surface area contributed by atoms with Crippen molar-refractivity contribution in [2.24, 2.45) is 0 Å². The molecule has 0 radical (unpaired) electrons. The van der Waals surface area contributed by atoms with Crippen LogP contribution in [0.15, 0.2) is 30.6 Å². The summed E-state index contributed by atoms with van der Waals surface area (Å²) >= 11 is 0. The van der Waals surface area contributed by atoms with Gasteiger partial charge in [0, 0.05) is 50.3 Å². The molecule has 0 saturated carbocycles.